The number of rotatable bonds is 10. The first-order valence-electron chi connectivity index (χ1n) is 11.5. The van der Waals surface area contributed by atoms with Crippen LogP contribution in [0.5, 0.6) is 0 Å². The van der Waals surface area contributed by atoms with E-state index in [0.29, 0.717) is 12.8 Å². The minimum absolute atomic E-state index is 0.0844. The first kappa shape index (κ1) is 27.1. The highest BCUT2D eigenvalue weighted by Gasteiger charge is 2.33. The van der Waals surface area contributed by atoms with Crippen LogP contribution in [0.1, 0.15) is 115 Å². The fraction of sp³-hybridized carbons (Fsp3) is 0.692. The fourth-order valence-electron chi connectivity index (χ4n) is 3.40. The van der Waals surface area contributed by atoms with Crippen molar-refractivity contribution in [2.75, 3.05) is 0 Å². The molecule has 1 aromatic carbocycles. The molecule has 5 heteroatoms. The highest BCUT2D eigenvalue weighted by molar-refractivity contribution is 6.03. The number of halogens is 1. The van der Waals surface area contributed by atoms with E-state index in [-0.39, 0.29) is 34.2 Å². The van der Waals surface area contributed by atoms with Crippen molar-refractivity contribution < 1.29 is 23.5 Å². The Morgan fingerprint density at radius 1 is 0.839 bits per heavy atom. The molecule has 176 valence electrons. The molecule has 0 saturated carbocycles. The van der Waals surface area contributed by atoms with E-state index in [1.165, 1.54) is 18.2 Å². The molecule has 0 spiro atoms. The van der Waals surface area contributed by atoms with Gasteiger partial charge in [0.2, 0.25) is 0 Å². The summed E-state index contributed by atoms with van der Waals surface area (Å²) in [6, 6.07) is 4.02. The van der Waals surface area contributed by atoms with Crippen LogP contribution < -0.4 is 0 Å². The lowest BCUT2D eigenvalue weighted by Crippen LogP contribution is -2.34. The average molecular weight is 437 g/mol. The predicted molar refractivity (Wildman–Crippen MR) is 123 cm³/mol. The van der Waals surface area contributed by atoms with Crippen LogP contribution in [-0.2, 0) is 9.47 Å². The van der Waals surface area contributed by atoms with Crippen molar-refractivity contribution in [3.8, 4) is 0 Å². The fourth-order valence-corrected chi connectivity index (χ4v) is 3.40. The zero-order valence-corrected chi connectivity index (χ0v) is 20.6. The number of esters is 2. The van der Waals surface area contributed by atoms with Gasteiger partial charge in [0.25, 0.3) is 0 Å². The predicted octanol–water partition coefficient (Wildman–Crippen LogP) is 7.35. The van der Waals surface area contributed by atoms with E-state index in [9.17, 15) is 14.0 Å². The van der Waals surface area contributed by atoms with E-state index in [0.717, 1.165) is 25.7 Å². The lowest BCUT2D eigenvalue weighted by atomic mass is 9.85. The summed E-state index contributed by atoms with van der Waals surface area (Å²) in [6.45, 7) is 16.1. The molecular weight excluding hydrogens is 395 g/mol. The highest BCUT2D eigenvalue weighted by Crippen LogP contribution is 2.30. The van der Waals surface area contributed by atoms with Crippen LogP contribution in [0.4, 0.5) is 4.39 Å². The van der Waals surface area contributed by atoms with Crippen LogP contribution >= 0.6 is 0 Å². The Morgan fingerprint density at radius 3 is 1.71 bits per heavy atom. The maximum Gasteiger partial charge on any atom is 0.342 e. The van der Waals surface area contributed by atoms with Gasteiger partial charge in [0.05, 0.1) is 5.56 Å². The molecular formula is C26H41FO4. The third-order valence-electron chi connectivity index (χ3n) is 5.51. The lowest BCUT2D eigenvalue weighted by Gasteiger charge is -2.31. The Morgan fingerprint density at radius 2 is 1.29 bits per heavy atom. The molecule has 0 heterocycles. The Kier molecular flexibility index (Phi) is 10.2. The normalized spacial score (nSPS) is 14.1. The van der Waals surface area contributed by atoms with Gasteiger partial charge in [0.15, 0.2) is 0 Å². The summed E-state index contributed by atoms with van der Waals surface area (Å²) >= 11 is 0. The van der Waals surface area contributed by atoms with Gasteiger partial charge in [0.1, 0.15) is 23.6 Å². The molecule has 0 fully saturated rings. The highest BCUT2D eigenvalue weighted by atomic mass is 19.1. The van der Waals surface area contributed by atoms with Crippen molar-refractivity contribution in [2.24, 2.45) is 10.8 Å². The Hall–Kier alpha value is -1.91. The van der Waals surface area contributed by atoms with E-state index in [1.54, 1.807) is 0 Å². The van der Waals surface area contributed by atoms with Gasteiger partial charge in [-0.2, -0.15) is 0 Å². The summed E-state index contributed by atoms with van der Waals surface area (Å²) in [7, 11) is 0. The number of carbonyl (C=O) groups excluding carboxylic acids is 2. The zero-order chi connectivity index (χ0) is 23.8. The molecule has 0 saturated heterocycles. The molecule has 0 bridgehead atoms. The van der Waals surface area contributed by atoms with Crippen molar-refractivity contribution in [1.82, 2.24) is 0 Å². The van der Waals surface area contributed by atoms with Crippen molar-refractivity contribution >= 4 is 11.9 Å². The second-order valence-electron chi connectivity index (χ2n) is 10.5. The van der Waals surface area contributed by atoms with Crippen molar-refractivity contribution in [2.45, 2.75) is 106 Å². The summed E-state index contributed by atoms with van der Waals surface area (Å²) in [5.74, 6) is -2.28. The van der Waals surface area contributed by atoms with Gasteiger partial charge in [-0.15, -0.1) is 0 Å². The van der Waals surface area contributed by atoms with Crippen molar-refractivity contribution in [3.05, 3.63) is 35.1 Å². The van der Waals surface area contributed by atoms with Gasteiger partial charge in [-0.3, -0.25) is 0 Å². The minimum Gasteiger partial charge on any atom is -0.458 e. The van der Waals surface area contributed by atoms with Gasteiger partial charge >= 0.3 is 11.9 Å². The monoisotopic (exact) mass is 436 g/mol. The minimum atomic E-state index is -0.818. The molecule has 1 aromatic rings. The molecule has 4 nitrogen and oxygen atoms in total. The molecule has 31 heavy (non-hydrogen) atoms. The number of hydrogen-bond acceptors (Lipinski definition) is 4. The SMILES string of the molecule is CCCCC(OC(=O)c1cccc(F)c1C(=O)OC(CCCC)C(C)(C)C)C(C)(C)C. The number of benzene rings is 1. The van der Waals surface area contributed by atoms with Gasteiger partial charge in [0, 0.05) is 0 Å². The van der Waals surface area contributed by atoms with E-state index in [1.807, 2.05) is 41.5 Å². The first-order chi connectivity index (χ1) is 14.3. The number of hydrogen-bond donors (Lipinski definition) is 0. The van der Waals surface area contributed by atoms with Crippen LogP contribution in [0.15, 0.2) is 18.2 Å². The quantitative estimate of drug-likeness (QED) is 0.360. The summed E-state index contributed by atoms with van der Waals surface area (Å²) in [5, 5.41) is 0. The van der Waals surface area contributed by atoms with Crippen LogP contribution in [0.3, 0.4) is 0 Å². The maximum atomic E-state index is 14.7. The topological polar surface area (TPSA) is 52.6 Å². The summed E-state index contributed by atoms with van der Waals surface area (Å²) in [4.78, 5) is 26.0. The lowest BCUT2D eigenvalue weighted by molar-refractivity contribution is -0.0109. The molecule has 0 amide bonds. The molecule has 0 aromatic heterocycles. The van der Waals surface area contributed by atoms with Gasteiger partial charge in [-0.1, -0.05) is 87.1 Å². The van der Waals surface area contributed by atoms with Crippen LogP contribution in [0, 0.1) is 16.6 Å². The van der Waals surface area contributed by atoms with E-state index in [2.05, 4.69) is 13.8 Å². The third-order valence-corrected chi connectivity index (χ3v) is 5.51. The van der Waals surface area contributed by atoms with E-state index in [4.69, 9.17) is 9.47 Å². The van der Waals surface area contributed by atoms with Gasteiger partial charge < -0.3 is 9.47 Å². The first-order valence-corrected chi connectivity index (χ1v) is 11.5. The Balaban J connectivity index is 3.19. The molecule has 2 unspecified atom stereocenters. The molecule has 2 atom stereocenters. The van der Waals surface area contributed by atoms with Crippen LogP contribution in [0.25, 0.3) is 0 Å². The standard InChI is InChI=1S/C26H41FO4/c1-9-11-16-20(25(3,4)5)30-23(28)18-14-13-15-19(27)22(18)24(29)31-21(17-12-10-2)26(6,7)8/h13-15,20-21H,9-12,16-17H2,1-8H3. The summed E-state index contributed by atoms with van der Waals surface area (Å²) in [6.07, 6.45) is 4.44. The largest absolute Gasteiger partial charge is 0.458 e. The second-order valence-corrected chi connectivity index (χ2v) is 10.5. The van der Waals surface area contributed by atoms with E-state index < -0.39 is 17.8 Å². The zero-order valence-electron chi connectivity index (χ0n) is 20.6. The van der Waals surface area contributed by atoms with Crippen LogP contribution in [0.2, 0.25) is 0 Å². The van der Waals surface area contributed by atoms with Crippen LogP contribution in [-0.4, -0.2) is 24.1 Å². The second kappa shape index (κ2) is 11.6. The molecule has 0 aliphatic carbocycles. The van der Waals surface area contributed by atoms with Gasteiger partial charge in [-0.25, -0.2) is 14.0 Å². The number of carbonyl (C=O) groups is 2. The molecule has 0 aliphatic rings. The summed E-state index contributed by atoms with van der Waals surface area (Å²) < 4.78 is 26.2. The number of ether oxygens (including phenoxy) is 2. The summed E-state index contributed by atoms with van der Waals surface area (Å²) in [5.41, 5.74) is -0.995. The maximum absolute atomic E-state index is 14.7. The Bertz CT molecular complexity index is 728. The number of unbranched alkanes of at least 4 members (excludes halogenated alkanes) is 2. The molecule has 1 rings (SSSR count). The third kappa shape index (κ3) is 8.27. The van der Waals surface area contributed by atoms with Gasteiger partial charge in [-0.05, 0) is 35.8 Å². The Labute approximate surface area is 187 Å². The molecule has 0 radical (unpaired) electrons. The average Bonchev–Trinajstić information content (AvgIpc) is 2.65. The van der Waals surface area contributed by atoms with Crippen molar-refractivity contribution in [1.29, 1.82) is 0 Å². The smallest absolute Gasteiger partial charge is 0.342 e. The molecule has 0 N–H and O–H groups in total. The van der Waals surface area contributed by atoms with E-state index >= 15 is 0 Å². The van der Waals surface area contributed by atoms with Crippen molar-refractivity contribution in [3.63, 3.8) is 0 Å². The molecule has 0 aliphatic heterocycles.